The van der Waals surface area contributed by atoms with Crippen molar-refractivity contribution in [1.29, 1.82) is 0 Å². The normalized spacial score (nSPS) is 12.0. The van der Waals surface area contributed by atoms with Crippen LogP contribution in [-0.4, -0.2) is 29.7 Å². The quantitative estimate of drug-likeness (QED) is 0.487. The smallest absolute Gasteiger partial charge is 0.258 e. The van der Waals surface area contributed by atoms with E-state index in [1.165, 1.54) is 25.3 Å². The molecule has 1 heterocycles. The van der Waals surface area contributed by atoms with Crippen molar-refractivity contribution in [2.45, 2.75) is 18.4 Å². The average molecular weight is 395 g/mol. The van der Waals surface area contributed by atoms with Crippen LogP contribution in [0.2, 0.25) is 0 Å². The first-order chi connectivity index (χ1) is 12.2. The van der Waals surface area contributed by atoms with Crippen LogP contribution in [-0.2, 0) is 16.6 Å². The molecule has 0 unspecified atom stereocenters. The van der Waals surface area contributed by atoms with Crippen LogP contribution in [0.25, 0.3) is 10.2 Å². The maximum absolute atomic E-state index is 13.8. The molecule has 136 valence electrons. The van der Waals surface area contributed by atoms with E-state index in [-0.39, 0.29) is 17.0 Å². The summed E-state index contributed by atoms with van der Waals surface area (Å²) in [7, 11) is -2.69. The van der Waals surface area contributed by atoms with Crippen molar-refractivity contribution in [2.75, 3.05) is 7.05 Å². The summed E-state index contributed by atoms with van der Waals surface area (Å²) >= 11 is 1.37. The minimum absolute atomic E-state index is 0.00585. The fourth-order valence-corrected chi connectivity index (χ4v) is 4.78. The Balaban J connectivity index is 1.95. The number of fused-ring (bicyclic) bond motifs is 1. The van der Waals surface area contributed by atoms with Crippen LogP contribution in [0, 0.1) is 22.9 Å². The summed E-state index contributed by atoms with van der Waals surface area (Å²) in [4.78, 5) is 14.1. The molecule has 26 heavy (non-hydrogen) atoms. The van der Waals surface area contributed by atoms with Crippen molar-refractivity contribution in [1.82, 2.24) is 9.29 Å². The number of aryl methyl sites for hydroxylation is 1. The molecule has 0 fully saturated rings. The zero-order valence-electron chi connectivity index (χ0n) is 13.8. The van der Waals surface area contributed by atoms with Crippen LogP contribution in [0.5, 0.6) is 0 Å². The SMILES string of the molecule is Cc1cc(S(=O)(=O)N(C)Cc2nc3ccccc3s2)cc([N+](=O)[O-])c1F. The summed E-state index contributed by atoms with van der Waals surface area (Å²) in [6.45, 7) is 1.29. The molecule has 0 aliphatic carbocycles. The molecule has 0 aliphatic rings. The van der Waals surface area contributed by atoms with E-state index in [1.54, 1.807) is 0 Å². The van der Waals surface area contributed by atoms with Gasteiger partial charge in [-0.25, -0.2) is 13.4 Å². The van der Waals surface area contributed by atoms with Gasteiger partial charge in [-0.3, -0.25) is 10.1 Å². The molecule has 0 aliphatic heterocycles. The van der Waals surface area contributed by atoms with Gasteiger partial charge in [-0.05, 0) is 30.7 Å². The van der Waals surface area contributed by atoms with E-state index in [1.807, 2.05) is 24.3 Å². The summed E-state index contributed by atoms with van der Waals surface area (Å²) in [5.74, 6) is -1.04. The highest BCUT2D eigenvalue weighted by atomic mass is 32.2. The van der Waals surface area contributed by atoms with Gasteiger partial charge in [-0.2, -0.15) is 8.70 Å². The van der Waals surface area contributed by atoms with Gasteiger partial charge in [0.05, 0.1) is 26.6 Å². The highest BCUT2D eigenvalue weighted by Crippen LogP contribution is 2.28. The molecular formula is C16H14FN3O4S2. The first kappa shape index (κ1) is 18.4. The molecule has 2 aromatic carbocycles. The third-order valence-corrected chi connectivity index (χ3v) is 6.61. The van der Waals surface area contributed by atoms with Gasteiger partial charge >= 0.3 is 5.69 Å². The van der Waals surface area contributed by atoms with Crippen molar-refractivity contribution < 1.29 is 17.7 Å². The molecule has 0 amide bonds. The number of thiazole rings is 1. The van der Waals surface area contributed by atoms with Crippen molar-refractivity contribution in [3.8, 4) is 0 Å². The van der Waals surface area contributed by atoms with Gasteiger partial charge in [0.1, 0.15) is 5.01 Å². The maximum atomic E-state index is 13.8. The minimum atomic E-state index is -4.04. The van der Waals surface area contributed by atoms with Crippen LogP contribution < -0.4 is 0 Å². The summed E-state index contributed by atoms with van der Waals surface area (Å²) in [5, 5.41) is 11.6. The fraction of sp³-hybridized carbons (Fsp3) is 0.188. The number of sulfonamides is 1. The largest absolute Gasteiger partial charge is 0.306 e. The predicted octanol–water partition coefficient (Wildman–Crippen LogP) is 3.47. The van der Waals surface area contributed by atoms with Gasteiger partial charge in [0.15, 0.2) is 0 Å². The number of halogens is 1. The monoisotopic (exact) mass is 395 g/mol. The number of hydrogen-bond donors (Lipinski definition) is 0. The Morgan fingerprint density at radius 1 is 1.31 bits per heavy atom. The van der Waals surface area contributed by atoms with E-state index < -0.39 is 26.5 Å². The molecule has 0 N–H and O–H groups in total. The predicted molar refractivity (Wildman–Crippen MR) is 96.1 cm³/mol. The van der Waals surface area contributed by atoms with Crippen molar-refractivity contribution >= 4 is 37.3 Å². The average Bonchev–Trinajstić information content (AvgIpc) is 2.98. The first-order valence-corrected chi connectivity index (χ1v) is 9.71. The second kappa shape index (κ2) is 6.71. The van der Waals surface area contributed by atoms with Gasteiger partial charge < -0.3 is 0 Å². The Bertz CT molecular complexity index is 1080. The lowest BCUT2D eigenvalue weighted by molar-refractivity contribution is -0.387. The Labute approximate surface area is 152 Å². The molecule has 0 spiro atoms. The lowest BCUT2D eigenvalue weighted by Gasteiger charge is -2.16. The molecule has 0 saturated carbocycles. The maximum Gasteiger partial charge on any atom is 0.306 e. The van der Waals surface area contributed by atoms with Crippen LogP contribution >= 0.6 is 11.3 Å². The van der Waals surface area contributed by atoms with E-state index in [0.717, 1.165) is 26.7 Å². The molecule has 1 aromatic heterocycles. The molecule has 3 aromatic rings. The number of nitro benzene ring substituents is 1. The van der Waals surface area contributed by atoms with Crippen molar-refractivity contribution in [3.05, 3.63) is 62.9 Å². The third kappa shape index (κ3) is 3.30. The molecule has 0 atom stereocenters. The van der Waals surface area contributed by atoms with E-state index >= 15 is 0 Å². The fourth-order valence-electron chi connectivity index (χ4n) is 2.44. The number of nitro groups is 1. The molecule has 0 saturated heterocycles. The van der Waals surface area contributed by atoms with Gasteiger partial charge in [-0.15, -0.1) is 11.3 Å². The van der Waals surface area contributed by atoms with Gasteiger partial charge in [0.2, 0.25) is 15.8 Å². The van der Waals surface area contributed by atoms with Crippen molar-refractivity contribution in [2.24, 2.45) is 0 Å². The Kier molecular flexibility index (Phi) is 4.74. The standard InChI is InChI=1S/C16H14FN3O4S2/c1-10-7-11(8-13(16(10)17)20(21)22)26(23,24)19(2)9-15-18-12-5-3-4-6-14(12)25-15/h3-8H,9H2,1-2H3. The van der Waals surface area contributed by atoms with Crippen LogP contribution in [0.3, 0.4) is 0 Å². The third-order valence-electron chi connectivity index (χ3n) is 3.81. The molecule has 10 heteroatoms. The first-order valence-electron chi connectivity index (χ1n) is 7.45. The van der Waals surface area contributed by atoms with Crippen LogP contribution in [0.4, 0.5) is 10.1 Å². The number of rotatable bonds is 5. The zero-order chi connectivity index (χ0) is 19.1. The molecule has 0 bridgehead atoms. The van der Waals surface area contributed by atoms with Crippen LogP contribution in [0.1, 0.15) is 10.6 Å². The molecule has 3 rings (SSSR count). The second-order valence-corrected chi connectivity index (χ2v) is 8.83. The molecular weight excluding hydrogens is 381 g/mol. The summed E-state index contributed by atoms with van der Waals surface area (Å²) in [6, 6.07) is 9.26. The molecule has 7 nitrogen and oxygen atoms in total. The lowest BCUT2D eigenvalue weighted by atomic mass is 10.2. The number of hydrogen-bond acceptors (Lipinski definition) is 6. The van der Waals surface area contributed by atoms with Gasteiger partial charge in [0, 0.05) is 13.1 Å². The number of benzene rings is 2. The molecule has 0 radical (unpaired) electrons. The Hall–Kier alpha value is -2.43. The van der Waals surface area contributed by atoms with E-state index in [0.29, 0.717) is 5.01 Å². The Morgan fingerprint density at radius 2 is 2.00 bits per heavy atom. The topological polar surface area (TPSA) is 93.4 Å². The van der Waals surface area contributed by atoms with Gasteiger partial charge in [0.25, 0.3) is 0 Å². The highest BCUT2D eigenvalue weighted by Gasteiger charge is 2.27. The lowest BCUT2D eigenvalue weighted by Crippen LogP contribution is -2.26. The van der Waals surface area contributed by atoms with Crippen LogP contribution in [0.15, 0.2) is 41.3 Å². The second-order valence-electron chi connectivity index (χ2n) is 5.67. The van der Waals surface area contributed by atoms with E-state index in [4.69, 9.17) is 0 Å². The minimum Gasteiger partial charge on any atom is -0.258 e. The summed E-state index contributed by atoms with van der Waals surface area (Å²) in [6.07, 6.45) is 0. The number of aromatic nitrogens is 1. The summed E-state index contributed by atoms with van der Waals surface area (Å²) in [5.41, 5.74) is -0.199. The number of para-hydroxylation sites is 1. The highest BCUT2D eigenvalue weighted by molar-refractivity contribution is 7.89. The van der Waals surface area contributed by atoms with E-state index in [9.17, 15) is 22.9 Å². The van der Waals surface area contributed by atoms with Gasteiger partial charge in [-0.1, -0.05) is 12.1 Å². The Morgan fingerprint density at radius 3 is 2.65 bits per heavy atom. The van der Waals surface area contributed by atoms with Crippen molar-refractivity contribution in [3.63, 3.8) is 0 Å². The zero-order valence-corrected chi connectivity index (χ0v) is 15.5. The number of nitrogens with zero attached hydrogens (tertiary/aromatic N) is 3. The van der Waals surface area contributed by atoms with E-state index in [2.05, 4.69) is 4.98 Å². The summed E-state index contributed by atoms with van der Waals surface area (Å²) < 4.78 is 41.3.